The highest BCUT2D eigenvalue weighted by Gasteiger charge is 2.67. The zero-order valence-corrected chi connectivity index (χ0v) is 8.42. The van der Waals surface area contributed by atoms with Crippen LogP contribution in [0.15, 0.2) is 18.2 Å². The van der Waals surface area contributed by atoms with Crippen LogP contribution in [0.2, 0.25) is 0 Å². The van der Waals surface area contributed by atoms with Gasteiger partial charge in [0.25, 0.3) is 0 Å². The second kappa shape index (κ2) is 2.00. The lowest BCUT2D eigenvalue weighted by Crippen LogP contribution is -2.18. The molecule has 0 amide bonds. The largest absolute Gasteiger partial charge is 0.493 e. The average molecular weight is 186 g/mol. The minimum absolute atomic E-state index is 0.546. The van der Waals surface area contributed by atoms with E-state index < -0.39 is 0 Å². The van der Waals surface area contributed by atoms with E-state index in [1.54, 1.807) is 11.1 Å². The lowest BCUT2D eigenvalue weighted by molar-refractivity contribution is 0.259. The lowest BCUT2D eigenvalue weighted by Gasteiger charge is -2.22. The summed E-state index contributed by atoms with van der Waals surface area (Å²) in [5, 5.41) is 0. The zero-order chi connectivity index (χ0) is 9.34. The van der Waals surface area contributed by atoms with Gasteiger partial charge >= 0.3 is 0 Å². The summed E-state index contributed by atoms with van der Waals surface area (Å²) >= 11 is 0. The first-order valence-electron chi connectivity index (χ1n) is 5.59. The molecule has 1 saturated carbocycles. The van der Waals surface area contributed by atoms with Crippen molar-refractivity contribution in [3.63, 3.8) is 0 Å². The maximum Gasteiger partial charge on any atom is 0.123 e. The summed E-state index contributed by atoms with van der Waals surface area (Å²) in [6.45, 7) is 3.35. The molecule has 3 atom stereocenters. The van der Waals surface area contributed by atoms with Crippen LogP contribution in [0.5, 0.6) is 5.75 Å². The van der Waals surface area contributed by atoms with E-state index in [1.165, 1.54) is 18.6 Å². The Morgan fingerprint density at radius 2 is 2.36 bits per heavy atom. The molecule has 0 radical (unpaired) electrons. The molecule has 1 spiro atoms. The first-order chi connectivity index (χ1) is 6.84. The fourth-order valence-corrected chi connectivity index (χ4v) is 3.92. The summed E-state index contributed by atoms with van der Waals surface area (Å²) < 4.78 is 5.83. The Labute approximate surface area is 84.1 Å². The van der Waals surface area contributed by atoms with Gasteiger partial charge in [0.2, 0.25) is 0 Å². The fraction of sp³-hybridized carbons (Fsp3) is 0.538. The van der Waals surface area contributed by atoms with Gasteiger partial charge in [0.05, 0.1) is 6.61 Å². The molecule has 0 unspecified atom stereocenters. The summed E-state index contributed by atoms with van der Waals surface area (Å²) in [6.07, 6.45) is 2.64. The van der Waals surface area contributed by atoms with Crippen molar-refractivity contribution >= 4 is 0 Å². The Bertz CT molecular complexity index is 423. The van der Waals surface area contributed by atoms with E-state index >= 15 is 0 Å². The average Bonchev–Trinajstić information content (AvgIpc) is 2.62. The van der Waals surface area contributed by atoms with E-state index in [2.05, 4.69) is 25.1 Å². The third-order valence-electron chi connectivity index (χ3n) is 4.77. The van der Waals surface area contributed by atoms with E-state index in [9.17, 15) is 0 Å². The highest BCUT2D eigenvalue weighted by Crippen LogP contribution is 2.69. The van der Waals surface area contributed by atoms with E-state index in [4.69, 9.17) is 4.74 Å². The predicted molar refractivity (Wildman–Crippen MR) is 54.6 cm³/mol. The third-order valence-corrected chi connectivity index (χ3v) is 4.77. The molecule has 1 heterocycles. The number of benzene rings is 1. The smallest absolute Gasteiger partial charge is 0.123 e. The maximum atomic E-state index is 5.83. The molecule has 4 rings (SSSR count). The molecule has 72 valence electrons. The number of rotatable bonds is 0. The van der Waals surface area contributed by atoms with Gasteiger partial charge in [0, 0.05) is 16.9 Å². The number of hydrogen-bond acceptors (Lipinski definition) is 1. The number of hydrogen-bond donors (Lipinski definition) is 0. The number of aryl methyl sites for hydroxylation is 1. The second-order valence-corrected chi connectivity index (χ2v) is 5.04. The van der Waals surface area contributed by atoms with Crippen LogP contribution in [0.3, 0.4) is 0 Å². The number of ether oxygens (including phenoxy) is 1. The summed E-state index contributed by atoms with van der Waals surface area (Å²) in [5.41, 5.74) is 3.67. The van der Waals surface area contributed by atoms with Crippen LogP contribution in [0, 0.1) is 11.8 Å². The summed E-state index contributed by atoms with van der Waals surface area (Å²) in [4.78, 5) is 0. The van der Waals surface area contributed by atoms with Gasteiger partial charge in [-0.05, 0) is 30.4 Å². The van der Waals surface area contributed by atoms with Crippen molar-refractivity contribution < 1.29 is 4.74 Å². The molecule has 0 saturated heterocycles. The third kappa shape index (κ3) is 0.571. The Kier molecular flexibility index (Phi) is 1.05. The van der Waals surface area contributed by atoms with Gasteiger partial charge in [-0.15, -0.1) is 0 Å². The quantitative estimate of drug-likeness (QED) is 0.605. The molecule has 14 heavy (non-hydrogen) atoms. The Balaban J connectivity index is 2.04. The second-order valence-electron chi connectivity index (χ2n) is 5.04. The molecule has 2 aliphatic carbocycles. The molecule has 1 aliphatic heterocycles. The first-order valence-corrected chi connectivity index (χ1v) is 5.59. The van der Waals surface area contributed by atoms with Gasteiger partial charge in [-0.3, -0.25) is 0 Å². The van der Waals surface area contributed by atoms with Crippen LogP contribution < -0.4 is 4.74 Å². The van der Waals surface area contributed by atoms with Crippen molar-refractivity contribution in [2.24, 2.45) is 11.8 Å². The molecule has 1 nitrogen and oxygen atoms in total. The van der Waals surface area contributed by atoms with Crippen molar-refractivity contribution in [2.75, 3.05) is 6.61 Å². The van der Waals surface area contributed by atoms with E-state index in [1.807, 2.05) is 0 Å². The lowest BCUT2D eigenvalue weighted by atomic mass is 9.92. The van der Waals surface area contributed by atoms with Crippen molar-refractivity contribution in [3.8, 4) is 5.75 Å². The topological polar surface area (TPSA) is 9.23 Å². The highest BCUT2D eigenvalue weighted by molar-refractivity contribution is 5.56. The van der Waals surface area contributed by atoms with Crippen molar-refractivity contribution in [1.29, 1.82) is 0 Å². The summed E-state index contributed by atoms with van der Waals surface area (Å²) in [5.74, 6) is 2.85. The van der Waals surface area contributed by atoms with Crippen LogP contribution in [0.25, 0.3) is 0 Å². The monoisotopic (exact) mass is 186 g/mol. The van der Waals surface area contributed by atoms with Crippen LogP contribution in [-0.4, -0.2) is 6.61 Å². The molecule has 0 bridgehead atoms. The van der Waals surface area contributed by atoms with E-state index in [0.29, 0.717) is 5.41 Å². The molecule has 1 fully saturated rings. The Morgan fingerprint density at radius 3 is 3.29 bits per heavy atom. The van der Waals surface area contributed by atoms with Crippen LogP contribution >= 0.6 is 0 Å². The highest BCUT2D eigenvalue weighted by atomic mass is 16.5. The molecule has 1 aromatic carbocycles. The zero-order valence-electron chi connectivity index (χ0n) is 8.42. The molecule has 3 aliphatic rings. The SMILES string of the molecule is C[C@@H]1[C@@H]2COc3cccc4c3[C@]12CC4. The molecular formula is C13H14O. The normalized spacial score (nSPS) is 41.2. The van der Waals surface area contributed by atoms with Gasteiger partial charge in [-0.2, -0.15) is 0 Å². The van der Waals surface area contributed by atoms with Crippen molar-refractivity contribution in [2.45, 2.75) is 25.2 Å². The molecule has 0 aromatic heterocycles. The molecular weight excluding hydrogens is 172 g/mol. The van der Waals surface area contributed by atoms with Gasteiger partial charge in [-0.25, -0.2) is 0 Å². The summed E-state index contributed by atoms with van der Waals surface area (Å²) in [6, 6.07) is 6.57. The summed E-state index contributed by atoms with van der Waals surface area (Å²) in [7, 11) is 0. The van der Waals surface area contributed by atoms with Crippen molar-refractivity contribution in [1.82, 2.24) is 0 Å². The molecule has 1 heteroatoms. The maximum absolute atomic E-state index is 5.83. The van der Waals surface area contributed by atoms with Gasteiger partial charge < -0.3 is 4.74 Å². The fourth-order valence-electron chi connectivity index (χ4n) is 3.92. The van der Waals surface area contributed by atoms with Gasteiger partial charge in [0.15, 0.2) is 0 Å². The van der Waals surface area contributed by atoms with E-state index in [0.717, 1.165) is 18.4 Å². The predicted octanol–water partition coefficient (Wildman–Crippen LogP) is 2.53. The first kappa shape index (κ1) is 7.33. The minimum atomic E-state index is 0.546. The molecule has 1 aromatic rings. The van der Waals surface area contributed by atoms with Crippen molar-refractivity contribution in [3.05, 3.63) is 29.3 Å². The minimum Gasteiger partial charge on any atom is -0.493 e. The van der Waals surface area contributed by atoms with E-state index in [-0.39, 0.29) is 0 Å². The van der Waals surface area contributed by atoms with Crippen LogP contribution in [0.4, 0.5) is 0 Å². The van der Waals surface area contributed by atoms with Gasteiger partial charge in [0.1, 0.15) is 5.75 Å². The Hall–Kier alpha value is -0.980. The van der Waals surface area contributed by atoms with Gasteiger partial charge in [-0.1, -0.05) is 19.1 Å². The molecule has 0 N–H and O–H groups in total. The Morgan fingerprint density at radius 1 is 1.43 bits per heavy atom. The van der Waals surface area contributed by atoms with Crippen LogP contribution in [-0.2, 0) is 11.8 Å². The standard InChI is InChI=1S/C13H14O/c1-8-10-7-14-11-4-2-3-9-5-6-13(8,10)12(9)11/h2-4,8,10H,5-7H2,1H3/t8-,10+,13-/m1/s1. The van der Waals surface area contributed by atoms with Crippen LogP contribution in [0.1, 0.15) is 24.5 Å².